The molecule has 0 aliphatic rings. The summed E-state index contributed by atoms with van der Waals surface area (Å²) in [7, 11) is 0. The summed E-state index contributed by atoms with van der Waals surface area (Å²) < 4.78 is 0. The number of benzene rings is 1. The first kappa shape index (κ1) is 16.9. The van der Waals surface area contributed by atoms with Crippen LogP contribution in [0.3, 0.4) is 0 Å². The highest BCUT2D eigenvalue weighted by molar-refractivity contribution is 7.18. The Labute approximate surface area is 161 Å². The van der Waals surface area contributed by atoms with Gasteiger partial charge in [0.15, 0.2) is 0 Å². The molecule has 0 amide bonds. The third-order valence-electron chi connectivity index (χ3n) is 3.91. The Balaban J connectivity index is 1.60. The van der Waals surface area contributed by atoms with Gasteiger partial charge < -0.3 is 5.32 Å². The van der Waals surface area contributed by atoms with Crippen LogP contribution < -0.4 is 5.32 Å². The Morgan fingerprint density at radius 2 is 1.85 bits per heavy atom. The second kappa shape index (κ2) is 7.36. The van der Waals surface area contributed by atoms with Gasteiger partial charge in [0.2, 0.25) is 0 Å². The van der Waals surface area contributed by atoms with Crippen LogP contribution >= 0.6 is 11.3 Å². The van der Waals surface area contributed by atoms with Gasteiger partial charge in [-0.1, -0.05) is 24.3 Å². The van der Waals surface area contributed by atoms with Gasteiger partial charge in [0.25, 0.3) is 0 Å². The normalized spacial score (nSPS) is 10.4. The molecule has 3 aromatic heterocycles. The summed E-state index contributed by atoms with van der Waals surface area (Å²) in [4.78, 5) is 14.5. The van der Waals surface area contributed by atoms with Gasteiger partial charge in [0.1, 0.15) is 16.6 Å². The Kier molecular flexibility index (Phi) is 4.60. The van der Waals surface area contributed by atoms with E-state index in [-0.39, 0.29) is 0 Å². The van der Waals surface area contributed by atoms with Crippen LogP contribution in [0.4, 0.5) is 11.6 Å². The molecule has 3 heterocycles. The fourth-order valence-electron chi connectivity index (χ4n) is 2.56. The average molecular weight is 369 g/mol. The molecule has 0 saturated carbocycles. The van der Waals surface area contributed by atoms with Crippen molar-refractivity contribution in [3.63, 3.8) is 0 Å². The maximum absolute atomic E-state index is 9.07. The number of nitrogens with one attached hydrogen (secondary N) is 1. The Morgan fingerprint density at radius 3 is 2.67 bits per heavy atom. The molecule has 0 aliphatic heterocycles. The largest absolute Gasteiger partial charge is 0.325 e. The molecule has 6 heteroatoms. The lowest BCUT2D eigenvalue weighted by molar-refractivity contribution is 1.23. The molecule has 1 aromatic carbocycles. The van der Waals surface area contributed by atoms with Crippen molar-refractivity contribution in [2.45, 2.75) is 6.92 Å². The molecule has 4 aromatic rings. The fourth-order valence-corrected chi connectivity index (χ4v) is 3.44. The highest BCUT2D eigenvalue weighted by Crippen LogP contribution is 2.32. The summed E-state index contributed by atoms with van der Waals surface area (Å²) in [5.41, 5.74) is 3.51. The molecule has 0 bridgehead atoms. The van der Waals surface area contributed by atoms with E-state index in [1.807, 2.05) is 67.8 Å². The predicted molar refractivity (Wildman–Crippen MR) is 108 cm³/mol. The fraction of sp³-hybridized carbons (Fsp3) is 0.0476. The topological polar surface area (TPSA) is 74.5 Å². The van der Waals surface area contributed by atoms with Crippen LogP contribution in [0, 0.1) is 18.3 Å². The second-order valence-electron chi connectivity index (χ2n) is 5.98. The SMILES string of the molecule is Cc1ccc(Nc2cccc(-c3cnc(-c4cccc(C#N)c4)s3)n2)nc1. The quantitative estimate of drug-likeness (QED) is 0.536. The molecular formula is C21H15N5S. The standard InChI is InChI=1S/C21H15N5S/c1-14-8-9-19(23-12-14)26-20-7-3-6-17(25-20)18-13-24-21(27-18)16-5-2-4-15(10-16)11-22/h2-10,12-13H,1H3,(H,23,25,26). The van der Waals surface area contributed by atoms with Crippen molar-refractivity contribution in [2.75, 3.05) is 5.32 Å². The van der Waals surface area contributed by atoms with Crippen molar-refractivity contribution in [2.24, 2.45) is 0 Å². The van der Waals surface area contributed by atoms with E-state index >= 15 is 0 Å². The summed E-state index contributed by atoms with van der Waals surface area (Å²) in [6, 6.07) is 19.4. The van der Waals surface area contributed by atoms with Gasteiger partial charge in [0.05, 0.1) is 22.2 Å². The van der Waals surface area contributed by atoms with E-state index in [2.05, 4.69) is 26.3 Å². The van der Waals surface area contributed by atoms with Crippen LogP contribution in [0.1, 0.15) is 11.1 Å². The number of hydrogen-bond acceptors (Lipinski definition) is 6. The smallest absolute Gasteiger partial charge is 0.132 e. The van der Waals surface area contributed by atoms with E-state index in [0.29, 0.717) is 5.56 Å². The maximum atomic E-state index is 9.07. The molecule has 0 spiro atoms. The van der Waals surface area contributed by atoms with Gasteiger partial charge in [-0.2, -0.15) is 5.26 Å². The molecule has 0 radical (unpaired) electrons. The third-order valence-corrected chi connectivity index (χ3v) is 4.98. The van der Waals surface area contributed by atoms with Gasteiger partial charge in [-0.05, 0) is 42.8 Å². The number of aromatic nitrogens is 3. The van der Waals surface area contributed by atoms with Crippen LogP contribution in [-0.4, -0.2) is 15.0 Å². The molecule has 27 heavy (non-hydrogen) atoms. The lowest BCUT2D eigenvalue weighted by atomic mass is 10.1. The van der Waals surface area contributed by atoms with Gasteiger partial charge in [0, 0.05) is 18.0 Å². The zero-order chi connectivity index (χ0) is 18.6. The summed E-state index contributed by atoms with van der Waals surface area (Å²) in [6.07, 6.45) is 3.63. The molecule has 0 saturated heterocycles. The summed E-state index contributed by atoms with van der Waals surface area (Å²) >= 11 is 1.55. The van der Waals surface area contributed by atoms with Gasteiger partial charge in [-0.15, -0.1) is 11.3 Å². The number of anilines is 2. The number of nitrogens with zero attached hydrogens (tertiary/aromatic N) is 4. The Morgan fingerprint density at radius 1 is 0.963 bits per heavy atom. The predicted octanol–water partition coefficient (Wildman–Crippen LogP) is 5.19. The van der Waals surface area contributed by atoms with Crippen molar-refractivity contribution in [1.29, 1.82) is 5.26 Å². The summed E-state index contributed by atoms with van der Waals surface area (Å²) in [6.45, 7) is 2.00. The van der Waals surface area contributed by atoms with Crippen molar-refractivity contribution < 1.29 is 0 Å². The molecule has 5 nitrogen and oxygen atoms in total. The zero-order valence-electron chi connectivity index (χ0n) is 14.5. The number of thiazole rings is 1. The maximum Gasteiger partial charge on any atom is 0.132 e. The minimum absolute atomic E-state index is 0.624. The number of rotatable bonds is 4. The van der Waals surface area contributed by atoms with Gasteiger partial charge in [-0.3, -0.25) is 0 Å². The lowest BCUT2D eigenvalue weighted by Crippen LogP contribution is -1.96. The molecule has 0 aliphatic carbocycles. The molecular weight excluding hydrogens is 354 g/mol. The van der Waals surface area contributed by atoms with Crippen molar-refractivity contribution in [1.82, 2.24) is 15.0 Å². The Hall–Kier alpha value is -3.56. The molecule has 0 atom stereocenters. The van der Waals surface area contributed by atoms with Crippen LogP contribution in [0.2, 0.25) is 0 Å². The number of hydrogen-bond donors (Lipinski definition) is 1. The molecule has 4 rings (SSSR count). The van der Waals surface area contributed by atoms with E-state index in [1.54, 1.807) is 17.4 Å². The first-order valence-corrected chi connectivity index (χ1v) is 9.16. The highest BCUT2D eigenvalue weighted by atomic mass is 32.1. The zero-order valence-corrected chi connectivity index (χ0v) is 15.4. The third kappa shape index (κ3) is 3.84. The second-order valence-corrected chi connectivity index (χ2v) is 7.01. The molecule has 130 valence electrons. The first-order chi connectivity index (χ1) is 13.2. The average Bonchev–Trinajstić information content (AvgIpc) is 3.20. The minimum Gasteiger partial charge on any atom is -0.325 e. The lowest BCUT2D eigenvalue weighted by Gasteiger charge is -2.06. The van der Waals surface area contributed by atoms with Crippen LogP contribution in [-0.2, 0) is 0 Å². The number of aryl methyl sites for hydroxylation is 1. The van der Waals surface area contributed by atoms with Crippen molar-refractivity contribution in [3.05, 3.63) is 78.1 Å². The minimum atomic E-state index is 0.624. The van der Waals surface area contributed by atoms with Crippen LogP contribution in [0.25, 0.3) is 21.1 Å². The van der Waals surface area contributed by atoms with Crippen molar-refractivity contribution >= 4 is 23.0 Å². The van der Waals surface area contributed by atoms with E-state index in [4.69, 9.17) is 5.26 Å². The van der Waals surface area contributed by atoms with E-state index in [0.717, 1.165) is 38.3 Å². The summed E-state index contributed by atoms with van der Waals surface area (Å²) in [5.74, 6) is 1.48. The molecule has 0 unspecified atom stereocenters. The van der Waals surface area contributed by atoms with E-state index in [9.17, 15) is 0 Å². The first-order valence-electron chi connectivity index (χ1n) is 8.35. The van der Waals surface area contributed by atoms with Crippen LogP contribution in [0.5, 0.6) is 0 Å². The monoisotopic (exact) mass is 369 g/mol. The number of nitriles is 1. The Bertz CT molecular complexity index is 1130. The molecule has 1 N–H and O–H groups in total. The summed E-state index contributed by atoms with van der Waals surface area (Å²) in [5, 5.41) is 13.2. The van der Waals surface area contributed by atoms with Gasteiger partial charge in [-0.25, -0.2) is 15.0 Å². The molecule has 0 fully saturated rings. The van der Waals surface area contributed by atoms with Gasteiger partial charge >= 0.3 is 0 Å². The van der Waals surface area contributed by atoms with Crippen LogP contribution in [0.15, 0.2) is 67.0 Å². The van der Waals surface area contributed by atoms with E-state index in [1.165, 1.54) is 0 Å². The van der Waals surface area contributed by atoms with E-state index < -0.39 is 0 Å². The highest BCUT2D eigenvalue weighted by Gasteiger charge is 2.09. The number of pyridine rings is 2. The van der Waals surface area contributed by atoms with Crippen molar-refractivity contribution in [3.8, 4) is 27.2 Å².